The van der Waals surface area contributed by atoms with Crippen LogP contribution in [0.25, 0.3) is 0 Å². The third-order valence-electron chi connectivity index (χ3n) is 3.51. The van der Waals surface area contributed by atoms with Crippen molar-refractivity contribution in [1.82, 2.24) is 9.80 Å². The molecule has 0 radical (unpaired) electrons. The fourth-order valence-corrected chi connectivity index (χ4v) is 2.26. The quantitative estimate of drug-likeness (QED) is 0.626. The third-order valence-corrected chi connectivity index (χ3v) is 3.51. The fourth-order valence-electron chi connectivity index (χ4n) is 2.26. The first-order valence-corrected chi connectivity index (χ1v) is 7.06. The van der Waals surface area contributed by atoms with E-state index in [1.807, 2.05) is 0 Å². The predicted octanol–water partition coefficient (Wildman–Crippen LogP) is -1.51. The van der Waals surface area contributed by atoms with Gasteiger partial charge >= 0.3 is 0 Å². The molecule has 8 heteroatoms. The molecule has 0 aliphatic carbocycles. The summed E-state index contributed by atoms with van der Waals surface area (Å²) in [7, 11) is 1.51. The smallest absolute Gasteiger partial charge is 0.269 e. The van der Waals surface area contributed by atoms with Crippen LogP contribution in [0.4, 0.5) is 0 Å². The molecule has 1 heterocycles. The Morgan fingerprint density at radius 2 is 1.61 bits per heavy atom. The highest BCUT2D eigenvalue weighted by Gasteiger charge is 2.24. The van der Waals surface area contributed by atoms with Gasteiger partial charge in [-0.15, -0.1) is 0 Å². The Balaban J connectivity index is 1.84. The van der Waals surface area contributed by atoms with Gasteiger partial charge in [-0.3, -0.25) is 9.59 Å². The van der Waals surface area contributed by atoms with E-state index < -0.39 is 11.9 Å². The minimum Gasteiger partial charge on any atom is -0.540 e. The van der Waals surface area contributed by atoms with Crippen molar-refractivity contribution in [3.63, 3.8) is 0 Å². The zero-order valence-electron chi connectivity index (χ0n) is 12.7. The number of carboxylic acids is 1. The fraction of sp³-hybridized carbons (Fsp3) is 0.400. The van der Waals surface area contributed by atoms with E-state index in [1.165, 1.54) is 12.0 Å². The maximum absolute atomic E-state index is 12.1. The third kappa shape index (κ3) is 4.12. The number of para-hydroxylation sites is 2. The average molecular weight is 321 g/mol. The van der Waals surface area contributed by atoms with Gasteiger partial charge in [0, 0.05) is 26.2 Å². The first kappa shape index (κ1) is 16.6. The number of benzene rings is 1. The van der Waals surface area contributed by atoms with Gasteiger partial charge in [0.15, 0.2) is 18.1 Å². The highest BCUT2D eigenvalue weighted by atomic mass is 16.5. The van der Waals surface area contributed by atoms with Gasteiger partial charge in [-0.1, -0.05) is 12.1 Å². The molecule has 0 saturated carbocycles. The van der Waals surface area contributed by atoms with Crippen LogP contribution >= 0.6 is 0 Å². The zero-order valence-corrected chi connectivity index (χ0v) is 12.7. The van der Waals surface area contributed by atoms with Gasteiger partial charge in [0.05, 0.1) is 7.11 Å². The van der Waals surface area contributed by atoms with Crippen LogP contribution in [-0.4, -0.2) is 67.5 Å². The van der Waals surface area contributed by atoms with Gasteiger partial charge < -0.3 is 29.2 Å². The van der Waals surface area contributed by atoms with Crippen LogP contribution in [-0.2, 0) is 14.4 Å². The number of nitrogens with zero attached hydrogens (tertiary/aromatic N) is 2. The second-order valence-corrected chi connectivity index (χ2v) is 4.90. The van der Waals surface area contributed by atoms with E-state index in [0.717, 1.165) is 4.90 Å². The minimum absolute atomic E-state index is 0.158. The van der Waals surface area contributed by atoms with E-state index >= 15 is 0 Å². The van der Waals surface area contributed by atoms with Crippen LogP contribution < -0.4 is 14.6 Å². The molecule has 1 saturated heterocycles. The number of hydrogen-bond acceptors (Lipinski definition) is 6. The molecule has 2 amide bonds. The van der Waals surface area contributed by atoms with E-state index in [9.17, 15) is 19.5 Å². The van der Waals surface area contributed by atoms with Crippen molar-refractivity contribution in [2.75, 3.05) is 39.9 Å². The monoisotopic (exact) mass is 321 g/mol. The summed E-state index contributed by atoms with van der Waals surface area (Å²) in [4.78, 5) is 36.6. The van der Waals surface area contributed by atoms with Gasteiger partial charge in [-0.05, 0) is 12.1 Å². The number of hydrogen-bond donors (Lipinski definition) is 0. The average Bonchev–Trinajstić information content (AvgIpc) is 2.59. The Kier molecular flexibility index (Phi) is 5.40. The number of ether oxygens (including phenoxy) is 2. The maximum Gasteiger partial charge on any atom is 0.269 e. The van der Waals surface area contributed by atoms with Crippen LogP contribution in [0.2, 0.25) is 0 Å². The summed E-state index contributed by atoms with van der Waals surface area (Å²) in [6, 6.07) is 6.99. The van der Waals surface area contributed by atoms with Gasteiger partial charge in [0.2, 0.25) is 0 Å². The van der Waals surface area contributed by atoms with Crippen molar-refractivity contribution in [2.45, 2.75) is 0 Å². The molecule has 0 aromatic heterocycles. The lowest BCUT2D eigenvalue weighted by molar-refractivity contribution is -0.301. The summed E-state index contributed by atoms with van der Waals surface area (Å²) in [6.07, 6.45) is 0. The number of carbonyl (C=O) groups is 3. The second-order valence-electron chi connectivity index (χ2n) is 4.90. The van der Waals surface area contributed by atoms with Crippen LogP contribution in [0.3, 0.4) is 0 Å². The van der Waals surface area contributed by atoms with Crippen molar-refractivity contribution in [1.29, 1.82) is 0 Å². The molecule has 0 unspecified atom stereocenters. The molecule has 1 aromatic carbocycles. The van der Waals surface area contributed by atoms with E-state index in [1.54, 1.807) is 24.3 Å². The van der Waals surface area contributed by atoms with Crippen molar-refractivity contribution >= 4 is 17.8 Å². The molecule has 1 aliphatic rings. The summed E-state index contributed by atoms with van der Waals surface area (Å²) < 4.78 is 10.6. The Bertz CT molecular complexity index is 595. The van der Waals surface area contributed by atoms with Crippen LogP contribution in [0.1, 0.15) is 0 Å². The van der Waals surface area contributed by atoms with Gasteiger partial charge in [0.1, 0.15) is 5.97 Å². The molecule has 23 heavy (non-hydrogen) atoms. The summed E-state index contributed by atoms with van der Waals surface area (Å²) in [5.41, 5.74) is 0. The second kappa shape index (κ2) is 7.48. The number of piperazine rings is 1. The lowest BCUT2D eigenvalue weighted by Crippen LogP contribution is -2.55. The summed E-state index contributed by atoms with van der Waals surface area (Å²) >= 11 is 0. The minimum atomic E-state index is -1.73. The Morgan fingerprint density at radius 3 is 2.17 bits per heavy atom. The lowest BCUT2D eigenvalue weighted by atomic mass is 10.3. The molecule has 2 rings (SSSR count). The molecule has 8 nitrogen and oxygen atoms in total. The van der Waals surface area contributed by atoms with E-state index in [2.05, 4.69) is 0 Å². The van der Waals surface area contributed by atoms with E-state index in [0.29, 0.717) is 11.5 Å². The highest BCUT2D eigenvalue weighted by molar-refractivity contribution is 6.30. The molecule has 0 N–H and O–H groups in total. The largest absolute Gasteiger partial charge is 0.540 e. The molecule has 0 spiro atoms. The Labute approximate surface area is 133 Å². The predicted molar refractivity (Wildman–Crippen MR) is 76.7 cm³/mol. The molecule has 1 aliphatic heterocycles. The highest BCUT2D eigenvalue weighted by Crippen LogP contribution is 2.25. The number of amides is 2. The maximum atomic E-state index is 12.1. The number of methoxy groups -OCH3 is 1. The molecule has 0 bridgehead atoms. The number of aliphatic carboxylic acids is 1. The normalized spacial score (nSPS) is 14.3. The number of carbonyl (C=O) groups excluding carboxylic acids is 3. The van der Waals surface area contributed by atoms with E-state index in [4.69, 9.17) is 9.47 Å². The first-order valence-electron chi connectivity index (χ1n) is 7.06. The standard InChI is InChI=1S/C15H18N2O6/c1-22-11-4-2-3-5-12(11)23-10-13(18)16-6-8-17(9-7-16)14(19)15(20)21/h2-5H,6-10H2,1H3,(H,20,21)/p-1. The molecule has 1 fully saturated rings. The Hall–Kier alpha value is -2.77. The topological polar surface area (TPSA) is 99.2 Å². The molecule has 1 aromatic rings. The molecule has 124 valence electrons. The van der Waals surface area contributed by atoms with Crippen molar-refractivity contribution in [2.24, 2.45) is 0 Å². The van der Waals surface area contributed by atoms with Crippen molar-refractivity contribution in [3.8, 4) is 11.5 Å². The lowest BCUT2D eigenvalue weighted by Gasteiger charge is -2.34. The van der Waals surface area contributed by atoms with Crippen molar-refractivity contribution < 1.29 is 29.0 Å². The summed E-state index contributed by atoms with van der Waals surface area (Å²) in [5.74, 6) is -2.03. The molecular formula is C15H17N2O6-. The van der Waals surface area contributed by atoms with E-state index in [-0.39, 0.29) is 38.7 Å². The first-order chi connectivity index (χ1) is 11.0. The molecule has 0 atom stereocenters. The molecular weight excluding hydrogens is 304 g/mol. The van der Waals surface area contributed by atoms with Crippen LogP contribution in [0.15, 0.2) is 24.3 Å². The Morgan fingerprint density at radius 1 is 1.04 bits per heavy atom. The summed E-state index contributed by atoms with van der Waals surface area (Å²) in [6.45, 7) is 0.676. The van der Waals surface area contributed by atoms with Crippen LogP contribution in [0, 0.1) is 0 Å². The van der Waals surface area contributed by atoms with Crippen molar-refractivity contribution in [3.05, 3.63) is 24.3 Å². The van der Waals surface area contributed by atoms with Gasteiger partial charge in [-0.25, -0.2) is 0 Å². The van der Waals surface area contributed by atoms with Gasteiger partial charge in [-0.2, -0.15) is 0 Å². The SMILES string of the molecule is COc1ccccc1OCC(=O)N1CCN(C(=O)C(=O)[O-])CC1. The van der Waals surface area contributed by atoms with Gasteiger partial charge in [0.25, 0.3) is 11.8 Å². The number of rotatable bonds is 4. The number of carboxylic acid groups (broad SMARTS) is 1. The zero-order chi connectivity index (χ0) is 16.8. The van der Waals surface area contributed by atoms with Crippen LogP contribution in [0.5, 0.6) is 11.5 Å². The summed E-state index contributed by atoms with van der Waals surface area (Å²) in [5, 5.41) is 10.5.